The lowest BCUT2D eigenvalue weighted by Gasteiger charge is -2.31. The van der Waals surface area contributed by atoms with Gasteiger partial charge >= 0.3 is 0 Å². The Morgan fingerprint density at radius 3 is 1.95 bits per heavy atom. The van der Waals surface area contributed by atoms with Crippen LogP contribution in [-0.2, 0) is 0 Å². The average Bonchev–Trinajstić information content (AvgIpc) is 2.57. The normalized spacial score (nSPS) is 11.9. The van der Waals surface area contributed by atoms with Crippen LogP contribution in [0.15, 0.2) is 77.8 Å². The van der Waals surface area contributed by atoms with E-state index in [4.69, 9.17) is 0 Å². The third-order valence-corrected chi connectivity index (χ3v) is 4.31. The van der Waals surface area contributed by atoms with Crippen LogP contribution in [0.5, 0.6) is 0 Å². The van der Waals surface area contributed by atoms with Crippen LogP contribution in [-0.4, -0.2) is 9.97 Å². The Hall–Kier alpha value is -2.20. The lowest BCUT2D eigenvalue weighted by atomic mass is 10.1. The van der Waals surface area contributed by atoms with Gasteiger partial charge in [0, 0.05) is 16.9 Å². The summed E-state index contributed by atoms with van der Waals surface area (Å²) in [4.78, 5) is 10.7. The van der Waals surface area contributed by atoms with Crippen LogP contribution in [0.2, 0.25) is 0 Å². The molecule has 0 bridgehead atoms. The summed E-state index contributed by atoms with van der Waals surface area (Å²) >= 11 is 3.65. The number of benzene rings is 1. The molecule has 2 aromatic heterocycles. The van der Waals surface area contributed by atoms with Gasteiger partial charge in [-0.15, -0.1) is 0 Å². The van der Waals surface area contributed by atoms with Crippen molar-refractivity contribution >= 4 is 27.3 Å². The Kier molecular flexibility index (Phi) is 4.49. The second kappa shape index (κ2) is 6.71. The predicted molar refractivity (Wildman–Crippen MR) is 93.2 cm³/mol. The molecule has 3 aromatic rings. The molecule has 0 aliphatic carbocycles. The zero-order chi connectivity index (χ0) is 15.4. The Bertz CT molecular complexity index is 692. The standard InChI is InChI=1S/C18H16BrN3/c1-14(17-8-2-3-9-18(17)19)22(15-6-4-10-20-12-15)16-7-5-11-21-13-16/h2-14H,1H3/t14-/m1/s1. The summed E-state index contributed by atoms with van der Waals surface area (Å²) < 4.78 is 1.10. The minimum Gasteiger partial charge on any atom is -0.332 e. The monoisotopic (exact) mass is 353 g/mol. The number of rotatable bonds is 4. The topological polar surface area (TPSA) is 29.0 Å². The number of hydrogen-bond donors (Lipinski definition) is 0. The number of nitrogens with zero attached hydrogens (tertiary/aromatic N) is 3. The van der Waals surface area contributed by atoms with Crippen LogP contribution in [0.25, 0.3) is 0 Å². The maximum atomic E-state index is 4.26. The summed E-state index contributed by atoms with van der Waals surface area (Å²) in [7, 11) is 0. The van der Waals surface area contributed by atoms with Crippen LogP contribution >= 0.6 is 15.9 Å². The number of pyridine rings is 2. The van der Waals surface area contributed by atoms with Gasteiger partial charge in [-0.1, -0.05) is 34.1 Å². The van der Waals surface area contributed by atoms with Crippen molar-refractivity contribution < 1.29 is 0 Å². The summed E-state index contributed by atoms with van der Waals surface area (Å²) in [5, 5.41) is 0. The van der Waals surface area contributed by atoms with Crippen molar-refractivity contribution in [2.75, 3.05) is 4.90 Å². The van der Waals surface area contributed by atoms with E-state index in [1.165, 1.54) is 5.56 Å². The van der Waals surface area contributed by atoms with E-state index in [0.29, 0.717) is 0 Å². The average molecular weight is 354 g/mol. The van der Waals surface area contributed by atoms with E-state index in [2.05, 4.69) is 68.1 Å². The number of aromatic nitrogens is 2. The first-order chi connectivity index (χ1) is 10.8. The first-order valence-electron chi connectivity index (χ1n) is 7.11. The van der Waals surface area contributed by atoms with Crippen LogP contribution in [0.1, 0.15) is 18.5 Å². The van der Waals surface area contributed by atoms with Crippen LogP contribution in [0.3, 0.4) is 0 Å². The molecule has 0 aliphatic rings. The van der Waals surface area contributed by atoms with Gasteiger partial charge in [0.25, 0.3) is 0 Å². The molecule has 0 saturated heterocycles. The minimum absolute atomic E-state index is 0.143. The number of hydrogen-bond acceptors (Lipinski definition) is 3. The summed E-state index contributed by atoms with van der Waals surface area (Å²) in [6, 6.07) is 16.5. The molecular weight excluding hydrogens is 338 g/mol. The number of anilines is 2. The summed E-state index contributed by atoms with van der Waals surface area (Å²) in [5.74, 6) is 0. The number of halogens is 1. The van der Waals surface area contributed by atoms with Gasteiger partial charge in [-0.3, -0.25) is 9.97 Å². The zero-order valence-corrected chi connectivity index (χ0v) is 13.8. The fourth-order valence-corrected chi connectivity index (χ4v) is 3.16. The molecule has 0 unspecified atom stereocenters. The first-order valence-corrected chi connectivity index (χ1v) is 7.90. The van der Waals surface area contributed by atoms with Crippen molar-refractivity contribution in [1.29, 1.82) is 0 Å². The van der Waals surface area contributed by atoms with Crippen molar-refractivity contribution in [2.45, 2.75) is 13.0 Å². The van der Waals surface area contributed by atoms with E-state index in [1.54, 1.807) is 12.4 Å². The second-order valence-corrected chi connectivity index (χ2v) is 5.84. The first kappa shape index (κ1) is 14.7. The van der Waals surface area contributed by atoms with E-state index in [1.807, 2.05) is 30.6 Å². The largest absolute Gasteiger partial charge is 0.332 e. The lowest BCUT2D eigenvalue weighted by Crippen LogP contribution is -2.22. The van der Waals surface area contributed by atoms with E-state index >= 15 is 0 Å². The highest BCUT2D eigenvalue weighted by Gasteiger charge is 2.20. The Morgan fingerprint density at radius 2 is 1.45 bits per heavy atom. The quantitative estimate of drug-likeness (QED) is 0.650. The molecule has 0 amide bonds. The van der Waals surface area contributed by atoms with Gasteiger partial charge < -0.3 is 4.90 Å². The van der Waals surface area contributed by atoms with E-state index < -0.39 is 0 Å². The Labute approximate surface area is 138 Å². The molecule has 2 heterocycles. The van der Waals surface area contributed by atoms with Gasteiger partial charge in [-0.25, -0.2) is 0 Å². The van der Waals surface area contributed by atoms with Crippen molar-refractivity contribution in [3.8, 4) is 0 Å². The molecular formula is C18H16BrN3. The molecule has 0 saturated carbocycles. The van der Waals surface area contributed by atoms with Gasteiger partial charge in [0.1, 0.15) is 0 Å². The molecule has 4 heteroatoms. The highest BCUT2D eigenvalue weighted by atomic mass is 79.9. The van der Waals surface area contributed by atoms with E-state index in [9.17, 15) is 0 Å². The fourth-order valence-electron chi connectivity index (χ4n) is 2.54. The molecule has 1 atom stereocenters. The summed E-state index contributed by atoms with van der Waals surface area (Å²) in [6.07, 6.45) is 7.32. The third kappa shape index (κ3) is 3.02. The predicted octanol–water partition coefficient (Wildman–Crippen LogP) is 5.14. The molecule has 3 nitrogen and oxygen atoms in total. The molecule has 110 valence electrons. The molecule has 3 rings (SSSR count). The molecule has 22 heavy (non-hydrogen) atoms. The van der Waals surface area contributed by atoms with Crippen LogP contribution in [0.4, 0.5) is 11.4 Å². The highest BCUT2D eigenvalue weighted by molar-refractivity contribution is 9.10. The zero-order valence-electron chi connectivity index (χ0n) is 12.2. The van der Waals surface area contributed by atoms with Gasteiger partial charge in [-0.2, -0.15) is 0 Å². The molecule has 0 aliphatic heterocycles. The lowest BCUT2D eigenvalue weighted by molar-refractivity contribution is 0.766. The Morgan fingerprint density at radius 1 is 0.864 bits per heavy atom. The van der Waals surface area contributed by atoms with Gasteiger partial charge in [0.15, 0.2) is 0 Å². The smallest absolute Gasteiger partial charge is 0.0603 e. The fraction of sp³-hybridized carbons (Fsp3) is 0.111. The molecule has 0 fully saturated rings. The maximum absolute atomic E-state index is 4.26. The van der Waals surface area contributed by atoms with E-state index in [-0.39, 0.29) is 6.04 Å². The summed E-state index contributed by atoms with van der Waals surface area (Å²) in [6.45, 7) is 2.18. The van der Waals surface area contributed by atoms with Gasteiger partial charge in [-0.05, 0) is 42.8 Å². The van der Waals surface area contributed by atoms with Gasteiger partial charge in [0.05, 0.1) is 29.8 Å². The minimum atomic E-state index is 0.143. The summed E-state index contributed by atoms with van der Waals surface area (Å²) in [5.41, 5.74) is 3.30. The second-order valence-electron chi connectivity index (χ2n) is 4.99. The van der Waals surface area contributed by atoms with Crippen LogP contribution in [0, 0.1) is 0 Å². The van der Waals surface area contributed by atoms with Crippen molar-refractivity contribution in [3.05, 3.63) is 83.4 Å². The van der Waals surface area contributed by atoms with Gasteiger partial charge in [0.2, 0.25) is 0 Å². The van der Waals surface area contributed by atoms with Crippen molar-refractivity contribution in [3.63, 3.8) is 0 Å². The van der Waals surface area contributed by atoms with Crippen molar-refractivity contribution in [2.24, 2.45) is 0 Å². The SMILES string of the molecule is C[C@H](c1ccccc1Br)N(c1cccnc1)c1cccnc1. The van der Waals surface area contributed by atoms with Crippen molar-refractivity contribution in [1.82, 2.24) is 9.97 Å². The Balaban J connectivity index is 2.08. The highest BCUT2D eigenvalue weighted by Crippen LogP contribution is 2.36. The molecule has 0 spiro atoms. The van der Waals surface area contributed by atoms with E-state index in [0.717, 1.165) is 15.8 Å². The molecule has 0 N–H and O–H groups in total. The molecule has 0 radical (unpaired) electrons. The maximum Gasteiger partial charge on any atom is 0.0603 e. The van der Waals surface area contributed by atoms with Crippen LogP contribution < -0.4 is 4.90 Å². The third-order valence-electron chi connectivity index (χ3n) is 3.59. The molecule has 1 aromatic carbocycles.